The van der Waals surface area contributed by atoms with Crippen molar-refractivity contribution in [1.82, 2.24) is 9.78 Å². The normalized spacial score (nSPS) is 10.8. The number of halogens is 2. The van der Waals surface area contributed by atoms with E-state index in [0.717, 1.165) is 22.1 Å². The summed E-state index contributed by atoms with van der Waals surface area (Å²) in [5.41, 5.74) is -0.462. The number of anilines is 1. The van der Waals surface area contributed by atoms with Crippen molar-refractivity contribution in [1.29, 1.82) is 0 Å². The molecule has 1 N–H and O–H groups in total. The Bertz CT molecular complexity index is 1400. The van der Waals surface area contributed by atoms with E-state index in [2.05, 4.69) is 10.4 Å². The first kappa shape index (κ1) is 21.7. The molecule has 0 bridgehead atoms. The summed E-state index contributed by atoms with van der Waals surface area (Å²) in [7, 11) is 0. The Hall–Kier alpha value is -3.56. The van der Waals surface area contributed by atoms with E-state index < -0.39 is 23.3 Å². The van der Waals surface area contributed by atoms with Crippen molar-refractivity contribution < 1.29 is 18.7 Å². The van der Waals surface area contributed by atoms with Crippen molar-refractivity contribution in [3.63, 3.8) is 0 Å². The molecular formula is C22H15ClFN3O4S. The largest absolute Gasteiger partial charge is 0.461 e. The first-order chi connectivity index (χ1) is 15.4. The molecular weight excluding hydrogens is 457 g/mol. The van der Waals surface area contributed by atoms with Crippen molar-refractivity contribution in [3.05, 3.63) is 86.4 Å². The fourth-order valence-corrected chi connectivity index (χ4v) is 4.12. The van der Waals surface area contributed by atoms with Crippen molar-refractivity contribution in [2.45, 2.75) is 6.92 Å². The van der Waals surface area contributed by atoms with E-state index in [4.69, 9.17) is 16.3 Å². The number of esters is 1. The lowest BCUT2D eigenvalue weighted by atomic mass is 10.2. The molecule has 2 aromatic carbocycles. The predicted molar refractivity (Wildman–Crippen MR) is 121 cm³/mol. The molecule has 0 saturated carbocycles. The number of nitrogens with one attached hydrogen (secondary N) is 1. The van der Waals surface area contributed by atoms with Gasteiger partial charge >= 0.3 is 5.97 Å². The number of thiophene rings is 1. The predicted octanol–water partition coefficient (Wildman–Crippen LogP) is 4.67. The number of nitrogens with zero attached hydrogens (tertiary/aromatic N) is 2. The molecule has 2 heterocycles. The van der Waals surface area contributed by atoms with E-state index in [1.165, 1.54) is 23.6 Å². The van der Waals surface area contributed by atoms with E-state index in [1.54, 1.807) is 31.2 Å². The maximum atomic E-state index is 14.0. The lowest BCUT2D eigenvalue weighted by Gasteiger charge is -2.10. The summed E-state index contributed by atoms with van der Waals surface area (Å²) in [6.07, 6.45) is 0. The van der Waals surface area contributed by atoms with Gasteiger partial charge in [-0.3, -0.25) is 9.59 Å². The summed E-state index contributed by atoms with van der Waals surface area (Å²) in [5, 5.41) is 9.22. The van der Waals surface area contributed by atoms with Gasteiger partial charge in [0.15, 0.2) is 5.69 Å². The maximum absolute atomic E-state index is 14.0. The van der Waals surface area contributed by atoms with Crippen LogP contribution in [0, 0.1) is 5.82 Å². The van der Waals surface area contributed by atoms with Crippen LogP contribution in [0.2, 0.25) is 5.02 Å². The van der Waals surface area contributed by atoms with E-state index in [-0.39, 0.29) is 33.6 Å². The minimum Gasteiger partial charge on any atom is -0.461 e. The number of fused-ring (bicyclic) bond motifs is 1. The third kappa shape index (κ3) is 4.00. The summed E-state index contributed by atoms with van der Waals surface area (Å²) in [6.45, 7) is 1.76. The minimum absolute atomic E-state index is 0.0627. The first-order valence-electron chi connectivity index (χ1n) is 9.44. The van der Waals surface area contributed by atoms with Crippen LogP contribution in [0.15, 0.2) is 58.7 Å². The number of hydrogen-bond donors (Lipinski definition) is 1. The van der Waals surface area contributed by atoms with Gasteiger partial charge in [-0.2, -0.15) is 9.78 Å². The molecule has 0 aliphatic heterocycles. The van der Waals surface area contributed by atoms with Crippen molar-refractivity contribution in [2.75, 3.05) is 11.9 Å². The zero-order valence-electron chi connectivity index (χ0n) is 16.6. The van der Waals surface area contributed by atoms with Crippen LogP contribution >= 0.6 is 22.9 Å². The average molecular weight is 472 g/mol. The number of hydrogen-bond acceptors (Lipinski definition) is 6. The van der Waals surface area contributed by atoms with E-state index in [9.17, 15) is 18.8 Å². The molecule has 32 heavy (non-hydrogen) atoms. The van der Waals surface area contributed by atoms with Crippen molar-refractivity contribution >= 4 is 50.6 Å². The summed E-state index contributed by atoms with van der Waals surface area (Å²) >= 11 is 6.96. The van der Waals surface area contributed by atoms with Gasteiger partial charge in [-0.05, 0) is 43.3 Å². The smallest absolute Gasteiger partial charge is 0.359 e. The van der Waals surface area contributed by atoms with Gasteiger partial charge in [0.05, 0.1) is 23.2 Å². The molecule has 0 unspecified atom stereocenters. The van der Waals surface area contributed by atoms with Gasteiger partial charge in [0.1, 0.15) is 10.8 Å². The summed E-state index contributed by atoms with van der Waals surface area (Å²) in [5.74, 6) is -2.14. The van der Waals surface area contributed by atoms with Crippen LogP contribution in [0.3, 0.4) is 0 Å². The fourth-order valence-electron chi connectivity index (χ4n) is 3.07. The van der Waals surface area contributed by atoms with Gasteiger partial charge in [0, 0.05) is 15.8 Å². The number of benzene rings is 2. The molecule has 0 radical (unpaired) electrons. The van der Waals surface area contributed by atoms with Crippen molar-refractivity contribution in [2.24, 2.45) is 0 Å². The van der Waals surface area contributed by atoms with E-state index >= 15 is 0 Å². The summed E-state index contributed by atoms with van der Waals surface area (Å²) in [4.78, 5) is 38.5. The van der Waals surface area contributed by atoms with E-state index in [0.29, 0.717) is 10.7 Å². The van der Waals surface area contributed by atoms with Gasteiger partial charge in [-0.1, -0.05) is 23.7 Å². The number of rotatable bonds is 5. The maximum Gasteiger partial charge on any atom is 0.359 e. The van der Waals surface area contributed by atoms with Crippen LogP contribution in [-0.4, -0.2) is 28.3 Å². The molecule has 0 aliphatic rings. The minimum atomic E-state index is -0.723. The first-order valence-corrected chi connectivity index (χ1v) is 10.7. The molecule has 1 amide bonds. The monoisotopic (exact) mass is 471 g/mol. The highest BCUT2D eigenvalue weighted by Gasteiger charge is 2.23. The Morgan fingerprint density at radius 3 is 2.59 bits per heavy atom. The van der Waals surface area contributed by atoms with Crippen LogP contribution in [0.4, 0.5) is 9.39 Å². The molecule has 0 spiro atoms. The topological polar surface area (TPSA) is 90.3 Å². The Morgan fingerprint density at radius 1 is 1.19 bits per heavy atom. The molecule has 4 aromatic rings. The number of amides is 1. The van der Waals surface area contributed by atoms with Crippen LogP contribution in [0.5, 0.6) is 0 Å². The standard InChI is InChI=1S/C22H15ClFN3O4S/c1-2-31-22(30)18-15-11-32-20(25-19(28)14-5-3-4-6-16(14)24)17(15)21(29)27(26-18)13-9-7-12(23)8-10-13/h3-11H,2H2,1H3,(H,25,28). The molecule has 10 heteroatoms. The van der Waals surface area contributed by atoms with E-state index in [1.807, 2.05) is 0 Å². The fraction of sp³-hybridized carbons (Fsp3) is 0.0909. The van der Waals surface area contributed by atoms with Crippen molar-refractivity contribution in [3.8, 4) is 5.69 Å². The van der Waals surface area contributed by atoms with Crippen LogP contribution in [0.1, 0.15) is 27.8 Å². The molecule has 0 aliphatic carbocycles. The number of carbonyl (C=O) groups excluding carboxylic acids is 2. The second kappa shape index (κ2) is 8.89. The lowest BCUT2D eigenvalue weighted by Crippen LogP contribution is -2.25. The second-order valence-electron chi connectivity index (χ2n) is 6.55. The quantitative estimate of drug-likeness (QED) is 0.427. The molecule has 2 aromatic heterocycles. The van der Waals surface area contributed by atoms with Gasteiger partial charge in [0.2, 0.25) is 0 Å². The SMILES string of the molecule is CCOC(=O)c1nn(-c2ccc(Cl)cc2)c(=O)c2c(NC(=O)c3ccccc3F)scc12. The Balaban J connectivity index is 1.89. The highest BCUT2D eigenvalue weighted by molar-refractivity contribution is 7.16. The number of aromatic nitrogens is 2. The van der Waals surface area contributed by atoms with Gasteiger partial charge in [-0.15, -0.1) is 11.3 Å². The summed E-state index contributed by atoms with van der Waals surface area (Å²) in [6, 6.07) is 11.8. The zero-order valence-corrected chi connectivity index (χ0v) is 18.2. The van der Waals surface area contributed by atoms with Crippen LogP contribution < -0.4 is 10.9 Å². The molecule has 162 valence electrons. The number of carbonyl (C=O) groups is 2. The van der Waals surface area contributed by atoms with Gasteiger partial charge in [-0.25, -0.2) is 9.18 Å². The Morgan fingerprint density at radius 2 is 1.91 bits per heavy atom. The Kier molecular flexibility index (Phi) is 6.02. The second-order valence-corrected chi connectivity index (χ2v) is 7.87. The third-order valence-corrected chi connectivity index (χ3v) is 5.69. The van der Waals surface area contributed by atoms with Crippen LogP contribution in [0.25, 0.3) is 16.5 Å². The molecule has 0 saturated heterocycles. The van der Waals surface area contributed by atoms with Gasteiger partial charge in [0.25, 0.3) is 11.5 Å². The van der Waals surface area contributed by atoms with Crippen LogP contribution in [-0.2, 0) is 4.74 Å². The molecule has 0 fully saturated rings. The molecule has 4 rings (SSSR count). The lowest BCUT2D eigenvalue weighted by molar-refractivity contribution is 0.0520. The highest BCUT2D eigenvalue weighted by atomic mass is 35.5. The zero-order chi connectivity index (χ0) is 22.8. The average Bonchev–Trinajstić information content (AvgIpc) is 3.19. The highest BCUT2D eigenvalue weighted by Crippen LogP contribution is 2.31. The molecule has 7 nitrogen and oxygen atoms in total. The summed E-state index contributed by atoms with van der Waals surface area (Å²) < 4.78 is 20.2. The van der Waals surface area contributed by atoms with Gasteiger partial charge < -0.3 is 10.1 Å². The molecule has 0 atom stereocenters. The third-order valence-electron chi connectivity index (χ3n) is 4.54. The number of ether oxygens (including phenoxy) is 1. The Labute approximate surface area is 190 Å².